The molecule has 0 aliphatic heterocycles. The number of aryl methyl sites for hydroxylation is 2. The fourth-order valence-corrected chi connectivity index (χ4v) is 1.98. The molecular weight excluding hydrogens is 252 g/mol. The molecule has 4 nitrogen and oxygen atoms in total. The van der Waals surface area contributed by atoms with Crippen molar-refractivity contribution in [1.82, 2.24) is 0 Å². The average Bonchev–Trinajstić information content (AvgIpc) is 2.46. The van der Waals surface area contributed by atoms with Gasteiger partial charge in [-0.1, -0.05) is 30.3 Å². The SMILES string of the molecule is C[n+]1ccccc1OC(CCc1ccccc1)C(N)=O. The smallest absolute Gasteiger partial charge is 0.368 e. The number of benzene rings is 1. The average molecular weight is 271 g/mol. The molecule has 0 spiro atoms. The van der Waals surface area contributed by atoms with Gasteiger partial charge in [-0.25, -0.2) is 0 Å². The van der Waals surface area contributed by atoms with Crippen molar-refractivity contribution in [2.24, 2.45) is 12.8 Å². The van der Waals surface area contributed by atoms with Gasteiger partial charge in [-0.15, -0.1) is 0 Å². The number of carbonyl (C=O) groups excluding carboxylic acids is 1. The largest absolute Gasteiger partial charge is 0.431 e. The Morgan fingerprint density at radius 2 is 1.90 bits per heavy atom. The molecule has 1 amide bonds. The van der Waals surface area contributed by atoms with Gasteiger partial charge in [0, 0.05) is 6.07 Å². The van der Waals surface area contributed by atoms with Crippen LogP contribution in [0.4, 0.5) is 0 Å². The molecule has 0 bridgehead atoms. The number of pyridine rings is 1. The third-order valence-corrected chi connectivity index (χ3v) is 3.13. The maximum absolute atomic E-state index is 11.5. The maximum atomic E-state index is 11.5. The minimum atomic E-state index is -0.621. The molecule has 0 radical (unpaired) electrons. The van der Waals surface area contributed by atoms with Crippen LogP contribution in [0.15, 0.2) is 54.7 Å². The summed E-state index contributed by atoms with van der Waals surface area (Å²) in [6, 6.07) is 15.6. The second-order valence-electron chi connectivity index (χ2n) is 4.68. The van der Waals surface area contributed by atoms with Crippen LogP contribution in [0.3, 0.4) is 0 Å². The molecule has 0 saturated heterocycles. The Balaban J connectivity index is 2.01. The number of rotatable bonds is 6. The first-order valence-corrected chi connectivity index (χ1v) is 6.61. The van der Waals surface area contributed by atoms with E-state index in [4.69, 9.17) is 10.5 Å². The number of hydrogen-bond acceptors (Lipinski definition) is 2. The van der Waals surface area contributed by atoms with Crippen molar-refractivity contribution in [3.05, 3.63) is 60.3 Å². The number of ether oxygens (including phenoxy) is 1. The van der Waals surface area contributed by atoms with E-state index in [1.54, 1.807) is 0 Å². The molecule has 0 fully saturated rings. The van der Waals surface area contributed by atoms with Gasteiger partial charge < -0.3 is 10.5 Å². The van der Waals surface area contributed by atoms with Gasteiger partial charge >= 0.3 is 5.88 Å². The number of primary amides is 1. The fourth-order valence-electron chi connectivity index (χ4n) is 1.98. The topological polar surface area (TPSA) is 56.2 Å². The third kappa shape index (κ3) is 3.82. The third-order valence-electron chi connectivity index (χ3n) is 3.13. The first kappa shape index (κ1) is 14.1. The minimum absolute atomic E-state index is 0.440. The van der Waals surface area contributed by atoms with E-state index in [9.17, 15) is 4.79 Å². The second-order valence-corrected chi connectivity index (χ2v) is 4.68. The van der Waals surface area contributed by atoms with E-state index in [0.29, 0.717) is 12.3 Å². The van der Waals surface area contributed by atoms with Crippen LogP contribution >= 0.6 is 0 Å². The van der Waals surface area contributed by atoms with E-state index < -0.39 is 12.0 Å². The van der Waals surface area contributed by atoms with Crippen LogP contribution in [0.25, 0.3) is 0 Å². The molecule has 20 heavy (non-hydrogen) atoms. The number of carbonyl (C=O) groups is 1. The second kappa shape index (κ2) is 6.70. The Labute approximate surface area is 118 Å². The fraction of sp³-hybridized carbons (Fsp3) is 0.250. The lowest BCUT2D eigenvalue weighted by Crippen LogP contribution is -2.39. The van der Waals surface area contributed by atoms with Crippen molar-refractivity contribution in [3.8, 4) is 5.88 Å². The zero-order valence-electron chi connectivity index (χ0n) is 11.5. The van der Waals surface area contributed by atoms with Crippen molar-refractivity contribution in [3.63, 3.8) is 0 Å². The van der Waals surface area contributed by atoms with Gasteiger partial charge in [0.2, 0.25) is 0 Å². The zero-order chi connectivity index (χ0) is 14.4. The Morgan fingerprint density at radius 3 is 2.55 bits per heavy atom. The van der Waals surface area contributed by atoms with E-state index in [-0.39, 0.29) is 0 Å². The Kier molecular flexibility index (Phi) is 4.71. The molecule has 1 unspecified atom stereocenters. The summed E-state index contributed by atoms with van der Waals surface area (Å²) < 4.78 is 7.53. The van der Waals surface area contributed by atoms with E-state index in [0.717, 1.165) is 6.42 Å². The Bertz CT molecular complexity index is 570. The van der Waals surface area contributed by atoms with Crippen molar-refractivity contribution < 1.29 is 14.1 Å². The minimum Gasteiger partial charge on any atom is -0.431 e. The van der Waals surface area contributed by atoms with E-state index in [2.05, 4.69) is 0 Å². The quantitative estimate of drug-likeness (QED) is 0.807. The predicted molar refractivity (Wildman–Crippen MR) is 76.0 cm³/mol. The Morgan fingerprint density at radius 1 is 1.20 bits per heavy atom. The van der Waals surface area contributed by atoms with Crippen molar-refractivity contribution in [1.29, 1.82) is 0 Å². The molecule has 1 aromatic carbocycles. The van der Waals surface area contributed by atoms with Crippen molar-refractivity contribution >= 4 is 5.91 Å². The summed E-state index contributed by atoms with van der Waals surface area (Å²) in [6.07, 6.45) is 2.56. The summed E-state index contributed by atoms with van der Waals surface area (Å²) in [7, 11) is 1.87. The van der Waals surface area contributed by atoms with Gasteiger partial charge in [0.15, 0.2) is 12.3 Å². The normalized spacial score (nSPS) is 11.8. The molecule has 4 heteroatoms. The van der Waals surface area contributed by atoms with Crippen LogP contribution in [0.1, 0.15) is 12.0 Å². The number of aromatic nitrogens is 1. The summed E-state index contributed by atoms with van der Waals surface area (Å²) in [5, 5.41) is 0. The predicted octanol–water partition coefficient (Wildman–Crippen LogP) is 1.38. The highest BCUT2D eigenvalue weighted by molar-refractivity contribution is 5.79. The van der Waals surface area contributed by atoms with Crippen LogP contribution < -0.4 is 15.0 Å². The van der Waals surface area contributed by atoms with Gasteiger partial charge in [-0.2, -0.15) is 4.57 Å². The molecule has 0 saturated carbocycles. The maximum Gasteiger partial charge on any atom is 0.368 e. The number of hydrogen-bond donors (Lipinski definition) is 1. The van der Waals surface area contributed by atoms with E-state index in [1.165, 1.54) is 5.56 Å². The van der Waals surface area contributed by atoms with Gasteiger partial charge in [0.1, 0.15) is 7.05 Å². The molecule has 0 aliphatic rings. The molecule has 1 atom stereocenters. The molecule has 2 aromatic rings. The molecular formula is C16H19N2O2+. The first-order valence-electron chi connectivity index (χ1n) is 6.61. The summed E-state index contributed by atoms with van der Waals surface area (Å²) in [6.45, 7) is 0. The molecule has 2 N–H and O–H groups in total. The van der Waals surface area contributed by atoms with Crippen LogP contribution in [0, 0.1) is 0 Å². The number of nitrogens with two attached hydrogens (primary N) is 1. The number of nitrogens with zero attached hydrogens (tertiary/aromatic N) is 1. The molecule has 1 heterocycles. The highest BCUT2D eigenvalue weighted by Crippen LogP contribution is 2.10. The monoisotopic (exact) mass is 271 g/mol. The lowest BCUT2D eigenvalue weighted by molar-refractivity contribution is -0.677. The summed E-state index contributed by atoms with van der Waals surface area (Å²) >= 11 is 0. The molecule has 0 aliphatic carbocycles. The highest BCUT2D eigenvalue weighted by atomic mass is 16.5. The van der Waals surface area contributed by atoms with E-state index in [1.807, 2.05) is 66.3 Å². The lowest BCUT2D eigenvalue weighted by Gasteiger charge is -2.13. The molecule has 1 aromatic heterocycles. The van der Waals surface area contributed by atoms with Crippen LogP contribution in [0.5, 0.6) is 5.88 Å². The highest BCUT2D eigenvalue weighted by Gasteiger charge is 2.20. The zero-order valence-corrected chi connectivity index (χ0v) is 11.5. The number of amides is 1. The Hall–Kier alpha value is -2.36. The van der Waals surface area contributed by atoms with Crippen LogP contribution in [0.2, 0.25) is 0 Å². The van der Waals surface area contributed by atoms with Gasteiger partial charge in [0.25, 0.3) is 5.91 Å². The standard InChI is InChI=1S/C16H18N2O2/c1-18-12-6-5-9-15(18)20-14(16(17)19)11-10-13-7-3-2-4-8-13/h2-9,12,14H,10-11H2,1H3,(H-,17,19)/p+1. The molecule has 104 valence electrons. The summed E-state index contributed by atoms with van der Waals surface area (Å²) in [5.41, 5.74) is 6.59. The lowest BCUT2D eigenvalue weighted by atomic mass is 10.1. The van der Waals surface area contributed by atoms with Gasteiger partial charge in [-0.05, 0) is 24.5 Å². The van der Waals surface area contributed by atoms with Gasteiger partial charge in [-0.3, -0.25) is 4.79 Å². The summed E-state index contributed by atoms with van der Waals surface area (Å²) in [5.74, 6) is 0.189. The van der Waals surface area contributed by atoms with E-state index >= 15 is 0 Å². The summed E-state index contributed by atoms with van der Waals surface area (Å²) in [4.78, 5) is 11.5. The molecule has 2 rings (SSSR count). The van der Waals surface area contributed by atoms with Crippen LogP contribution in [-0.2, 0) is 18.3 Å². The van der Waals surface area contributed by atoms with Gasteiger partial charge in [0.05, 0.1) is 6.07 Å². The van der Waals surface area contributed by atoms with Crippen molar-refractivity contribution in [2.45, 2.75) is 18.9 Å². The van der Waals surface area contributed by atoms with Crippen LogP contribution in [-0.4, -0.2) is 12.0 Å². The first-order chi connectivity index (χ1) is 9.66. The van der Waals surface area contributed by atoms with Crippen molar-refractivity contribution in [2.75, 3.05) is 0 Å².